The Labute approximate surface area is 169 Å². The van der Waals surface area contributed by atoms with E-state index in [1.165, 1.54) is 0 Å². The smallest absolute Gasteiger partial charge is 0.226 e. The number of rotatable bonds is 7. The lowest BCUT2D eigenvalue weighted by Gasteiger charge is -2.17. The Balaban J connectivity index is 0.00000529. The molecule has 8 heteroatoms. The van der Waals surface area contributed by atoms with Gasteiger partial charge < -0.3 is 20.7 Å². The van der Waals surface area contributed by atoms with E-state index in [0.29, 0.717) is 25.5 Å². The van der Waals surface area contributed by atoms with Gasteiger partial charge in [0.15, 0.2) is 5.96 Å². The van der Waals surface area contributed by atoms with Crippen LogP contribution in [0.4, 0.5) is 5.69 Å². The number of nitrogens with zero attached hydrogens (tertiary/aromatic N) is 1. The van der Waals surface area contributed by atoms with Crippen LogP contribution in [-0.2, 0) is 9.53 Å². The Morgan fingerprint density at radius 3 is 2.75 bits per heavy atom. The molecule has 0 spiro atoms. The second kappa shape index (κ2) is 12.5. The van der Waals surface area contributed by atoms with Gasteiger partial charge in [0.05, 0.1) is 6.61 Å². The molecule has 1 aromatic rings. The Morgan fingerprint density at radius 2 is 2.12 bits per heavy atom. The zero-order valence-electron chi connectivity index (χ0n) is 14.5. The Bertz CT molecular complexity index is 555. The van der Waals surface area contributed by atoms with E-state index in [1.54, 1.807) is 14.2 Å². The van der Waals surface area contributed by atoms with Crippen molar-refractivity contribution >= 4 is 57.5 Å². The van der Waals surface area contributed by atoms with Crippen molar-refractivity contribution in [3.63, 3.8) is 0 Å². The van der Waals surface area contributed by atoms with Gasteiger partial charge in [-0.3, -0.25) is 9.79 Å². The number of hydrogen-bond donors (Lipinski definition) is 3. The summed E-state index contributed by atoms with van der Waals surface area (Å²) in [5.41, 5.74) is 1.85. The monoisotopic (exact) mass is 512 g/mol. The van der Waals surface area contributed by atoms with Crippen LogP contribution < -0.4 is 16.0 Å². The van der Waals surface area contributed by atoms with Gasteiger partial charge in [-0.25, -0.2) is 0 Å². The molecule has 1 rings (SSSR count). The maximum absolute atomic E-state index is 12.0. The van der Waals surface area contributed by atoms with E-state index in [0.717, 1.165) is 15.7 Å². The zero-order valence-corrected chi connectivity index (χ0v) is 18.4. The van der Waals surface area contributed by atoms with Gasteiger partial charge in [-0.05, 0) is 31.5 Å². The number of methoxy groups -OCH3 is 1. The molecule has 3 N–H and O–H groups in total. The third-order valence-electron chi connectivity index (χ3n) is 3.14. The van der Waals surface area contributed by atoms with E-state index in [2.05, 4.69) is 36.9 Å². The fourth-order valence-electron chi connectivity index (χ4n) is 1.96. The van der Waals surface area contributed by atoms with E-state index < -0.39 is 0 Å². The number of nitrogens with one attached hydrogen (secondary N) is 3. The lowest BCUT2D eigenvalue weighted by molar-refractivity contribution is -0.116. The second-order valence-electron chi connectivity index (χ2n) is 5.26. The number of anilines is 1. The summed E-state index contributed by atoms with van der Waals surface area (Å²) in [5.74, 6) is 0.611. The molecule has 0 aromatic heterocycles. The van der Waals surface area contributed by atoms with Gasteiger partial charge in [0, 0.05) is 43.3 Å². The molecule has 24 heavy (non-hydrogen) atoms. The van der Waals surface area contributed by atoms with Gasteiger partial charge in [0.1, 0.15) is 0 Å². The van der Waals surface area contributed by atoms with Gasteiger partial charge >= 0.3 is 0 Å². The number of halogens is 2. The van der Waals surface area contributed by atoms with Crippen molar-refractivity contribution in [3.05, 3.63) is 28.2 Å². The summed E-state index contributed by atoms with van der Waals surface area (Å²) in [6.07, 6.45) is 0.352. The molecule has 0 heterocycles. The van der Waals surface area contributed by atoms with E-state index in [1.807, 2.05) is 32.0 Å². The zero-order chi connectivity index (χ0) is 17.2. The minimum atomic E-state index is -0.0425. The molecule has 1 amide bonds. The van der Waals surface area contributed by atoms with Crippen molar-refractivity contribution in [2.45, 2.75) is 26.3 Å². The topological polar surface area (TPSA) is 74.8 Å². The number of carbonyl (C=O) groups excluding carboxylic acids is 1. The normalized spacial score (nSPS) is 12.1. The molecule has 0 bridgehead atoms. The molecule has 0 fully saturated rings. The number of ether oxygens (including phenoxy) is 1. The minimum absolute atomic E-state index is 0. The molecule has 6 nitrogen and oxygen atoms in total. The largest absolute Gasteiger partial charge is 0.383 e. The van der Waals surface area contributed by atoms with E-state index >= 15 is 0 Å². The standard InChI is InChI=1S/C16H25BrN4O2.HI/c1-11-5-6-13(17)9-14(11)21-15(22)7-8-19-16(18-3)20-12(2)10-23-4;/h5-6,9,12H,7-8,10H2,1-4H3,(H,21,22)(H2,18,19,20);1H. The third-order valence-corrected chi connectivity index (χ3v) is 3.63. The number of aliphatic imine (C=N–C) groups is 1. The van der Waals surface area contributed by atoms with Crippen molar-refractivity contribution in [1.82, 2.24) is 10.6 Å². The highest BCUT2D eigenvalue weighted by Crippen LogP contribution is 2.20. The number of carbonyl (C=O) groups is 1. The maximum Gasteiger partial charge on any atom is 0.226 e. The SMILES string of the molecule is CN=C(NCCC(=O)Nc1cc(Br)ccc1C)NC(C)COC.I. The number of benzene rings is 1. The summed E-state index contributed by atoms with van der Waals surface area (Å²) in [7, 11) is 3.35. The van der Waals surface area contributed by atoms with E-state index in [4.69, 9.17) is 4.74 Å². The van der Waals surface area contributed by atoms with Crippen LogP contribution in [-0.4, -0.2) is 45.2 Å². The van der Waals surface area contributed by atoms with Crippen LogP contribution in [0.3, 0.4) is 0 Å². The highest BCUT2D eigenvalue weighted by molar-refractivity contribution is 14.0. The molecule has 0 aliphatic heterocycles. The van der Waals surface area contributed by atoms with Gasteiger partial charge in [0.2, 0.25) is 5.91 Å². The molecule has 0 saturated heterocycles. The van der Waals surface area contributed by atoms with Crippen molar-refractivity contribution in [1.29, 1.82) is 0 Å². The first-order chi connectivity index (χ1) is 11.0. The molecule has 0 saturated carbocycles. The molecule has 1 atom stereocenters. The summed E-state index contributed by atoms with van der Waals surface area (Å²) in [6, 6.07) is 5.95. The van der Waals surface area contributed by atoms with Gasteiger partial charge in [-0.15, -0.1) is 24.0 Å². The summed E-state index contributed by atoms with van der Waals surface area (Å²) < 4.78 is 6.00. The van der Waals surface area contributed by atoms with E-state index in [9.17, 15) is 4.79 Å². The molecule has 0 aliphatic rings. The van der Waals surface area contributed by atoms with Gasteiger partial charge in [-0.1, -0.05) is 22.0 Å². The third kappa shape index (κ3) is 8.84. The Kier molecular flexibility index (Phi) is 12.0. The molecule has 0 radical (unpaired) electrons. The lowest BCUT2D eigenvalue weighted by atomic mass is 10.2. The highest BCUT2D eigenvalue weighted by atomic mass is 127. The van der Waals surface area contributed by atoms with Crippen molar-refractivity contribution in [2.24, 2.45) is 4.99 Å². The fourth-order valence-corrected chi connectivity index (χ4v) is 2.32. The average molecular weight is 513 g/mol. The molecule has 1 unspecified atom stereocenters. The second-order valence-corrected chi connectivity index (χ2v) is 6.17. The van der Waals surface area contributed by atoms with Gasteiger partial charge in [-0.2, -0.15) is 0 Å². The lowest BCUT2D eigenvalue weighted by Crippen LogP contribution is -2.44. The van der Waals surface area contributed by atoms with Crippen LogP contribution in [0.25, 0.3) is 0 Å². The first-order valence-electron chi connectivity index (χ1n) is 7.48. The van der Waals surface area contributed by atoms with Crippen molar-refractivity contribution in [3.8, 4) is 0 Å². The highest BCUT2D eigenvalue weighted by Gasteiger charge is 2.07. The van der Waals surface area contributed by atoms with E-state index in [-0.39, 0.29) is 35.9 Å². The quantitative estimate of drug-likeness (QED) is 0.298. The Hall–Kier alpha value is -0.870. The van der Waals surface area contributed by atoms with Crippen LogP contribution in [0, 0.1) is 6.92 Å². The van der Waals surface area contributed by atoms with Crippen LogP contribution in [0.5, 0.6) is 0 Å². The first kappa shape index (κ1) is 23.1. The van der Waals surface area contributed by atoms with Crippen molar-refractivity contribution in [2.75, 3.05) is 32.6 Å². The molecule has 1 aromatic carbocycles. The summed E-state index contributed by atoms with van der Waals surface area (Å²) in [6.45, 7) is 5.05. The maximum atomic E-state index is 12.0. The van der Waals surface area contributed by atoms with Crippen LogP contribution in [0.1, 0.15) is 18.9 Å². The molecule has 136 valence electrons. The average Bonchev–Trinajstić information content (AvgIpc) is 2.50. The van der Waals surface area contributed by atoms with Crippen molar-refractivity contribution < 1.29 is 9.53 Å². The van der Waals surface area contributed by atoms with Crippen LogP contribution in [0.2, 0.25) is 0 Å². The number of amides is 1. The molecular weight excluding hydrogens is 487 g/mol. The number of aryl methyl sites for hydroxylation is 1. The fraction of sp³-hybridized carbons (Fsp3) is 0.500. The summed E-state index contributed by atoms with van der Waals surface area (Å²) >= 11 is 3.40. The van der Waals surface area contributed by atoms with Gasteiger partial charge in [0.25, 0.3) is 0 Å². The predicted molar refractivity (Wildman–Crippen MR) is 113 cm³/mol. The molecule has 0 aliphatic carbocycles. The Morgan fingerprint density at radius 1 is 1.42 bits per heavy atom. The molecular formula is C16H26BrIN4O2. The van der Waals surface area contributed by atoms with Crippen LogP contribution >= 0.6 is 39.9 Å². The summed E-state index contributed by atoms with van der Waals surface area (Å²) in [4.78, 5) is 16.1. The summed E-state index contributed by atoms with van der Waals surface area (Å²) in [5, 5.41) is 9.21. The first-order valence-corrected chi connectivity index (χ1v) is 8.27. The predicted octanol–water partition coefficient (Wildman–Crippen LogP) is 2.90. The minimum Gasteiger partial charge on any atom is -0.383 e. The van der Waals surface area contributed by atoms with Crippen LogP contribution in [0.15, 0.2) is 27.7 Å². The number of guanidine groups is 1. The number of hydrogen-bond acceptors (Lipinski definition) is 3.